The highest BCUT2D eigenvalue weighted by atomic mass is 35.5. The van der Waals surface area contributed by atoms with Crippen LogP contribution in [0.15, 0.2) is 42.5 Å². The number of hydrogen-bond acceptors (Lipinski definition) is 6. The van der Waals surface area contributed by atoms with Gasteiger partial charge in [0.05, 0.1) is 10.5 Å². The van der Waals surface area contributed by atoms with Crippen molar-refractivity contribution in [2.75, 3.05) is 19.0 Å². The lowest BCUT2D eigenvalue weighted by Crippen LogP contribution is -2.28. The number of amides is 1. The van der Waals surface area contributed by atoms with E-state index >= 15 is 0 Å². The minimum absolute atomic E-state index is 0.0272. The largest absolute Gasteiger partial charge is 0.452 e. The summed E-state index contributed by atoms with van der Waals surface area (Å²) < 4.78 is 4.94. The minimum atomic E-state index is -0.842. The van der Waals surface area contributed by atoms with Gasteiger partial charge in [0.1, 0.15) is 0 Å². The summed E-state index contributed by atoms with van der Waals surface area (Å²) in [5.41, 5.74) is 0.807. The lowest BCUT2D eigenvalue weighted by Gasteiger charge is -2.10. The Labute approximate surface area is 154 Å². The second-order valence-corrected chi connectivity index (χ2v) is 5.59. The normalized spacial score (nSPS) is 10.1. The minimum Gasteiger partial charge on any atom is -0.452 e. The van der Waals surface area contributed by atoms with Crippen LogP contribution in [-0.2, 0) is 16.1 Å². The molecule has 0 aliphatic heterocycles. The third-order valence-electron chi connectivity index (χ3n) is 3.47. The number of carbonyl (C=O) groups excluding carboxylic acids is 2. The molecule has 0 saturated heterocycles. The standard InChI is InChI=1S/C17H16ClN3O5/c1-19-15-7-6-12(21(24)25)8-13(15)17(23)26-10-16(22)20-9-11-4-2-3-5-14(11)18/h2-8,19H,9-10H2,1H3,(H,20,22). The van der Waals surface area contributed by atoms with Crippen LogP contribution in [0.4, 0.5) is 11.4 Å². The van der Waals surface area contributed by atoms with Gasteiger partial charge in [-0.2, -0.15) is 0 Å². The monoisotopic (exact) mass is 377 g/mol. The summed E-state index contributed by atoms with van der Waals surface area (Å²) in [6.45, 7) is -0.330. The van der Waals surface area contributed by atoms with Gasteiger partial charge in [0.15, 0.2) is 6.61 Å². The van der Waals surface area contributed by atoms with Crippen molar-refractivity contribution >= 4 is 34.9 Å². The van der Waals surface area contributed by atoms with Crippen molar-refractivity contribution in [1.29, 1.82) is 0 Å². The van der Waals surface area contributed by atoms with Crippen molar-refractivity contribution in [1.82, 2.24) is 5.32 Å². The average Bonchev–Trinajstić information content (AvgIpc) is 2.64. The van der Waals surface area contributed by atoms with Gasteiger partial charge in [-0.3, -0.25) is 14.9 Å². The molecule has 0 spiro atoms. The van der Waals surface area contributed by atoms with Crippen molar-refractivity contribution in [2.45, 2.75) is 6.54 Å². The zero-order valence-corrected chi connectivity index (χ0v) is 14.6. The quantitative estimate of drug-likeness (QED) is 0.436. The lowest BCUT2D eigenvalue weighted by molar-refractivity contribution is -0.384. The van der Waals surface area contributed by atoms with E-state index in [0.29, 0.717) is 10.7 Å². The van der Waals surface area contributed by atoms with Gasteiger partial charge in [0, 0.05) is 36.4 Å². The fourth-order valence-electron chi connectivity index (χ4n) is 2.13. The van der Waals surface area contributed by atoms with E-state index in [1.165, 1.54) is 12.1 Å². The number of benzene rings is 2. The van der Waals surface area contributed by atoms with E-state index in [0.717, 1.165) is 11.6 Å². The highest BCUT2D eigenvalue weighted by Crippen LogP contribution is 2.22. The van der Waals surface area contributed by atoms with E-state index in [9.17, 15) is 19.7 Å². The van der Waals surface area contributed by atoms with Crippen molar-refractivity contribution in [3.8, 4) is 0 Å². The Balaban J connectivity index is 1.95. The van der Waals surface area contributed by atoms with Crippen LogP contribution >= 0.6 is 11.6 Å². The summed E-state index contributed by atoms with van der Waals surface area (Å²) in [4.78, 5) is 34.2. The molecule has 8 nitrogen and oxygen atoms in total. The molecule has 2 rings (SSSR count). The van der Waals surface area contributed by atoms with Gasteiger partial charge in [0.25, 0.3) is 11.6 Å². The number of carbonyl (C=O) groups is 2. The molecule has 0 aliphatic rings. The van der Waals surface area contributed by atoms with E-state index in [1.54, 1.807) is 31.3 Å². The molecule has 1 amide bonds. The zero-order valence-electron chi connectivity index (χ0n) is 13.8. The Morgan fingerprint density at radius 3 is 2.62 bits per heavy atom. The van der Waals surface area contributed by atoms with E-state index in [1.807, 2.05) is 0 Å². The zero-order chi connectivity index (χ0) is 19.1. The van der Waals surface area contributed by atoms with Crippen LogP contribution in [0, 0.1) is 10.1 Å². The third kappa shape index (κ3) is 4.93. The first-order chi connectivity index (χ1) is 12.4. The number of halogens is 1. The van der Waals surface area contributed by atoms with Crippen LogP contribution in [0.25, 0.3) is 0 Å². The van der Waals surface area contributed by atoms with Gasteiger partial charge in [0.2, 0.25) is 0 Å². The molecule has 0 fully saturated rings. The maximum Gasteiger partial charge on any atom is 0.341 e. The summed E-state index contributed by atoms with van der Waals surface area (Å²) in [6, 6.07) is 10.8. The maximum atomic E-state index is 12.1. The molecule has 0 unspecified atom stereocenters. The third-order valence-corrected chi connectivity index (χ3v) is 3.84. The first kappa shape index (κ1) is 19.2. The number of esters is 1. The SMILES string of the molecule is CNc1ccc([N+](=O)[O-])cc1C(=O)OCC(=O)NCc1ccccc1Cl. The molecule has 136 valence electrons. The van der Waals surface area contributed by atoms with E-state index in [2.05, 4.69) is 10.6 Å². The molecule has 0 heterocycles. The number of non-ortho nitro benzene ring substituents is 1. The van der Waals surface area contributed by atoms with Crippen LogP contribution < -0.4 is 10.6 Å². The van der Waals surface area contributed by atoms with Crippen LogP contribution in [-0.4, -0.2) is 30.5 Å². The number of rotatable bonds is 7. The summed E-state index contributed by atoms with van der Waals surface area (Å²) in [5, 5.41) is 16.7. The highest BCUT2D eigenvalue weighted by Gasteiger charge is 2.18. The maximum absolute atomic E-state index is 12.1. The average molecular weight is 378 g/mol. The second-order valence-electron chi connectivity index (χ2n) is 5.18. The Kier molecular flexibility index (Phi) is 6.51. The molecule has 0 saturated carbocycles. The van der Waals surface area contributed by atoms with Crippen molar-refractivity contribution in [3.05, 3.63) is 68.7 Å². The summed E-state index contributed by atoms with van der Waals surface area (Å²) in [5.74, 6) is -1.36. The fraction of sp³-hybridized carbons (Fsp3) is 0.176. The number of nitrogens with zero attached hydrogens (tertiary/aromatic N) is 1. The molecule has 0 bridgehead atoms. The summed E-state index contributed by atoms with van der Waals surface area (Å²) in [7, 11) is 1.56. The van der Waals surface area contributed by atoms with Crippen molar-refractivity contribution < 1.29 is 19.2 Å². The first-order valence-corrected chi connectivity index (χ1v) is 7.93. The fourth-order valence-corrected chi connectivity index (χ4v) is 2.33. The van der Waals surface area contributed by atoms with Gasteiger partial charge in [-0.1, -0.05) is 29.8 Å². The van der Waals surface area contributed by atoms with Crippen LogP contribution in [0.5, 0.6) is 0 Å². The molecule has 0 atom stereocenters. The topological polar surface area (TPSA) is 111 Å². The smallest absolute Gasteiger partial charge is 0.341 e. The lowest BCUT2D eigenvalue weighted by atomic mass is 10.1. The number of nitrogens with one attached hydrogen (secondary N) is 2. The Bertz CT molecular complexity index is 841. The van der Waals surface area contributed by atoms with Gasteiger partial charge in [-0.15, -0.1) is 0 Å². The molecule has 9 heteroatoms. The summed E-state index contributed by atoms with van der Waals surface area (Å²) in [6.07, 6.45) is 0. The second kappa shape index (κ2) is 8.82. The molecule has 2 aromatic carbocycles. The Morgan fingerprint density at radius 1 is 1.23 bits per heavy atom. The molecule has 2 N–H and O–H groups in total. The Morgan fingerprint density at radius 2 is 1.96 bits per heavy atom. The molecule has 26 heavy (non-hydrogen) atoms. The number of nitro groups is 1. The highest BCUT2D eigenvalue weighted by molar-refractivity contribution is 6.31. The molecular weight excluding hydrogens is 362 g/mol. The number of ether oxygens (including phenoxy) is 1. The number of nitro benzene ring substituents is 1. The summed E-state index contributed by atoms with van der Waals surface area (Å²) >= 11 is 5.99. The van der Waals surface area contributed by atoms with Crippen molar-refractivity contribution in [3.63, 3.8) is 0 Å². The van der Waals surface area contributed by atoms with E-state index in [-0.39, 0.29) is 17.8 Å². The van der Waals surface area contributed by atoms with Crippen LogP contribution in [0.3, 0.4) is 0 Å². The van der Waals surface area contributed by atoms with E-state index < -0.39 is 23.4 Å². The predicted octanol–water partition coefficient (Wildman–Crippen LogP) is 2.76. The van der Waals surface area contributed by atoms with Crippen molar-refractivity contribution in [2.24, 2.45) is 0 Å². The van der Waals surface area contributed by atoms with Crippen LogP contribution in [0.2, 0.25) is 5.02 Å². The van der Waals surface area contributed by atoms with E-state index in [4.69, 9.17) is 16.3 Å². The van der Waals surface area contributed by atoms with Gasteiger partial charge >= 0.3 is 5.97 Å². The van der Waals surface area contributed by atoms with Gasteiger partial charge < -0.3 is 15.4 Å². The molecular formula is C17H16ClN3O5. The van der Waals surface area contributed by atoms with Gasteiger partial charge in [-0.25, -0.2) is 4.79 Å². The van der Waals surface area contributed by atoms with Crippen LogP contribution in [0.1, 0.15) is 15.9 Å². The van der Waals surface area contributed by atoms with Gasteiger partial charge in [-0.05, 0) is 17.7 Å². The Hall–Kier alpha value is -3.13. The predicted molar refractivity (Wildman–Crippen MR) is 96.2 cm³/mol. The molecule has 0 aliphatic carbocycles. The molecule has 0 radical (unpaired) electrons. The number of hydrogen-bond donors (Lipinski definition) is 2. The molecule has 0 aromatic heterocycles. The first-order valence-electron chi connectivity index (χ1n) is 7.55. The number of anilines is 1. The molecule has 2 aromatic rings.